The molecule has 5 rings (SSSR count). The van der Waals surface area contributed by atoms with Crippen LogP contribution in [0, 0.1) is 6.92 Å². The van der Waals surface area contributed by atoms with Crippen molar-refractivity contribution in [3.8, 4) is 62.1 Å². The number of ether oxygens (including phenoxy) is 6. The predicted molar refractivity (Wildman–Crippen MR) is 149 cm³/mol. The average Bonchev–Trinajstić information content (AvgIpc) is 3.62. The van der Waals surface area contributed by atoms with Gasteiger partial charge in [-0.2, -0.15) is 0 Å². The van der Waals surface area contributed by atoms with E-state index in [4.69, 9.17) is 33.4 Å². The van der Waals surface area contributed by atoms with Crippen molar-refractivity contribution in [2.24, 2.45) is 0 Å². The molecular weight excluding hydrogens is 520 g/mol. The molecular formula is C28H28N4O6S. The first-order valence-corrected chi connectivity index (χ1v) is 12.7. The minimum absolute atomic E-state index is 0.512. The number of nitrogens with zero attached hydrogens (tertiary/aromatic N) is 4. The van der Waals surface area contributed by atoms with E-state index in [0.717, 1.165) is 37.6 Å². The number of rotatable bonds is 9. The second-order valence-corrected chi connectivity index (χ2v) is 9.45. The van der Waals surface area contributed by atoms with Gasteiger partial charge in [-0.05, 0) is 42.8 Å². The Morgan fingerprint density at radius 3 is 1.92 bits per heavy atom. The van der Waals surface area contributed by atoms with E-state index in [1.807, 2.05) is 41.8 Å². The van der Waals surface area contributed by atoms with Crippen LogP contribution in [-0.2, 0) is 0 Å². The van der Waals surface area contributed by atoms with Crippen LogP contribution in [0.25, 0.3) is 37.9 Å². The highest BCUT2D eigenvalue weighted by Gasteiger charge is 2.21. The molecule has 0 aliphatic rings. The van der Waals surface area contributed by atoms with E-state index in [0.29, 0.717) is 40.3 Å². The number of aromatic nitrogens is 4. The highest BCUT2D eigenvalue weighted by atomic mass is 32.1. The maximum atomic E-state index is 5.66. The molecule has 0 radical (unpaired) electrons. The van der Waals surface area contributed by atoms with Crippen LogP contribution < -0.4 is 28.4 Å². The van der Waals surface area contributed by atoms with Crippen molar-refractivity contribution in [3.05, 3.63) is 48.3 Å². The lowest BCUT2D eigenvalue weighted by Crippen LogP contribution is -2.01. The van der Waals surface area contributed by atoms with Crippen molar-refractivity contribution in [1.82, 2.24) is 19.7 Å². The number of thiazole rings is 1. The van der Waals surface area contributed by atoms with Crippen LogP contribution >= 0.6 is 11.3 Å². The molecule has 0 fully saturated rings. The quantitative estimate of drug-likeness (QED) is 0.234. The first kappa shape index (κ1) is 26.1. The van der Waals surface area contributed by atoms with Crippen molar-refractivity contribution < 1.29 is 28.4 Å². The molecule has 5 aromatic rings. The van der Waals surface area contributed by atoms with Crippen molar-refractivity contribution in [2.45, 2.75) is 6.92 Å². The number of benzene rings is 3. The molecule has 0 amide bonds. The van der Waals surface area contributed by atoms with Crippen molar-refractivity contribution in [2.75, 3.05) is 42.7 Å². The van der Waals surface area contributed by atoms with Crippen molar-refractivity contribution >= 4 is 21.6 Å². The monoisotopic (exact) mass is 548 g/mol. The number of aryl methyl sites for hydroxylation is 1. The molecule has 0 aliphatic heterocycles. The number of fused-ring (bicyclic) bond motifs is 1. The third-order valence-corrected chi connectivity index (χ3v) is 7.48. The summed E-state index contributed by atoms with van der Waals surface area (Å²) in [5, 5.41) is 9.42. The minimum atomic E-state index is 0.512. The third-order valence-electron chi connectivity index (χ3n) is 6.36. The molecule has 0 bridgehead atoms. The normalized spacial score (nSPS) is 10.9. The topological polar surface area (TPSA) is 99.0 Å². The zero-order valence-electron chi connectivity index (χ0n) is 22.7. The predicted octanol–water partition coefficient (Wildman–Crippen LogP) is 5.57. The molecule has 0 spiro atoms. The van der Waals surface area contributed by atoms with Gasteiger partial charge in [0.25, 0.3) is 0 Å². The van der Waals surface area contributed by atoms with Crippen LogP contribution in [0.3, 0.4) is 0 Å². The fourth-order valence-corrected chi connectivity index (χ4v) is 5.59. The maximum Gasteiger partial charge on any atom is 0.204 e. The lowest BCUT2D eigenvalue weighted by molar-refractivity contribution is 0.324. The van der Waals surface area contributed by atoms with Crippen molar-refractivity contribution in [3.63, 3.8) is 0 Å². The van der Waals surface area contributed by atoms with E-state index in [2.05, 4.69) is 16.3 Å². The minimum Gasteiger partial charge on any atom is -0.493 e. The zero-order chi connectivity index (χ0) is 27.7. The summed E-state index contributed by atoms with van der Waals surface area (Å²) in [5.41, 5.74) is 4.46. The highest BCUT2D eigenvalue weighted by molar-refractivity contribution is 7.22. The SMILES string of the molecule is COc1cc(-c2nncn2-c2ccc(-c3nc4cc(OC)c(OC)c(OC)c4s3)cc2C)cc(OC)c1OC. The smallest absolute Gasteiger partial charge is 0.204 e. The molecule has 202 valence electrons. The lowest BCUT2D eigenvalue weighted by atomic mass is 10.1. The summed E-state index contributed by atoms with van der Waals surface area (Å²) < 4.78 is 36.0. The third kappa shape index (κ3) is 4.44. The standard InChI is InChI=1S/C28H28N4O6S/c1-15-10-16(28-30-18-13-22(35-4)24(37-6)25(38-7)26(18)39-28)8-9-19(15)32-14-29-31-27(32)17-11-20(33-2)23(36-5)21(12-17)34-3/h8-14H,1-7H3. The first-order chi connectivity index (χ1) is 19.0. The van der Waals surface area contributed by atoms with Gasteiger partial charge in [-0.25, -0.2) is 4.98 Å². The van der Waals surface area contributed by atoms with Gasteiger partial charge in [0.1, 0.15) is 16.0 Å². The summed E-state index contributed by atoms with van der Waals surface area (Å²) in [4.78, 5) is 4.86. The van der Waals surface area contributed by atoms with E-state index in [1.165, 1.54) is 11.3 Å². The van der Waals surface area contributed by atoms with E-state index < -0.39 is 0 Å². The molecule has 0 saturated carbocycles. The van der Waals surface area contributed by atoms with Gasteiger partial charge in [0, 0.05) is 17.2 Å². The second kappa shape index (κ2) is 10.7. The molecule has 3 aromatic carbocycles. The lowest BCUT2D eigenvalue weighted by Gasteiger charge is -2.15. The van der Waals surface area contributed by atoms with E-state index in [9.17, 15) is 0 Å². The molecule has 2 aromatic heterocycles. The Morgan fingerprint density at radius 1 is 0.692 bits per heavy atom. The molecule has 39 heavy (non-hydrogen) atoms. The molecule has 0 atom stereocenters. The van der Waals surface area contributed by atoms with Crippen LogP contribution in [0.4, 0.5) is 0 Å². The Kier molecular flexibility index (Phi) is 7.16. The fourth-order valence-electron chi connectivity index (χ4n) is 4.53. The van der Waals surface area contributed by atoms with Crippen LogP contribution in [0.2, 0.25) is 0 Å². The van der Waals surface area contributed by atoms with Gasteiger partial charge >= 0.3 is 0 Å². The van der Waals surface area contributed by atoms with Gasteiger partial charge in [0.15, 0.2) is 28.8 Å². The largest absolute Gasteiger partial charge is 0.493 e. The maximum absolute atomic E-state index is 5.66. The van der Waals surface area contributed by atoms with Gasteiger partial charge in [-0.3, -0.25) is 4.57 Å². The Labute approximate surface area is 229 Å². The number of methoxy groups -OCH3 is 6. The first-order valence-electron chi connectivity index (χ1n) is 11.9. The molecule has 0 N–H and O–H groups in total. The number of hydrogen-bond donors (Lipinski definition) is 0. The van der Waals surface area contributed by atoms with Crippen LogP contribution in [0.15, 0.2) is 42.7 Å². The fraction of sp³-hybridized carbons (Fsp3) is 0.250. The molecule has 11 heteroatoms. The summed E-state index contributed by atoms with van der Waals surface area (Å²) in [7, 11) is 9.53. The Morgan fingerprint density at radius 2 is 1.33 bits per heavy atom. The van der Waals surface area contributed by atoms with Gasteiger partial charge in [-0.1, -0.05) is 0 Å². The zero-order valence-corrected chi connectivity index (χ0v) is 23.5. The van der Waals surface area contributed by atoms with Crippen molar-refractivity contribution in [1.29, 1.82) is 0 Å². The van der Waals surface area contributed by atoms with Crippen LogP contribution in [0.1, 0.15) is 5.56 Å². The Hall–Kier alpha value is -4.51. The second-order valence-electron chi connectivity index (χ2n) is 8.45. The molecule has 0 unspecified atom stereocenters. The Balaban J connectivity index is 1.57. The molecule has 0 aliphatic carbocycles. The van der Waals surface area contributed by atoms with Gasteiger partial charge in [-0.15, -0.1) is 21.5 Å². The van der Waals surface area contributed by atoms with E-state index in [1.54, 1.807) is 49.0 Å². The van der Waals surface area contributed by atoms with Crippen LogP contribution in [0.5, 0.6) is 34.5 Å². The average molecular weight is 549 g/mol. The highest BCUT2D eigenvalue weighted by Crippen LogP contribution is 2.47. The van der Waals surface area contributed by atoms with Gasteiger partial charge < -0.3 is 28.4 Å². The van der Waals surface area contributed by atoms with Gasteiger partial charge in [0.2, 0.25) is 11.5 Å². The summed E-state index contributed by atoms with van der Waals surface area (Å²) in [6.07, 6.45) is 1.68. The summed E-state index contributed by atoms with van der Waals surface area (Å²) >= 11 is 1.53. The van der Waals surface area contributed by atoms with E-state index in [-0.39, 0.29) is 0 Å². The molecule has 2 heterocycles. The molecule has 0 saturated heterocycles. The molecule has 10 nitrogen and oxygen atoms in total. The summed E-state index contributed by atoms with van der Waals surface area (Å²) in [6, 6.07) is 11.7. The van der Waals surface area contributed by atoms with E-state index >= 15 is 0 Å². The summed E-state index contributed by atoms with van der Waals surface area (Å²) in [5.74, 6) is 3.93. The van der Waals surface area contributed by atoms with Gasteiger partial charge in [0.05, 0.1) is 53.9 Å². The summed E-state index contributed by atoms with van der Waals surface area (Å²) in [6.45, 7) is 2.04. The number of hydrogen-bond acceptors (Lipinski definition) is 10. The Bertz CT molecular complexity index is 1640. The van der Waals surface area contributed by atoms with Crippen LogP contribution in [-0.4, -0.2) is 62.4 Å².